The number of carbonyl (C=O) groups is 2. The average molecular weight is 960 g/mol. The topological polar surface area (TPSA) is 142 Å². The van der Waals surface area contributed by atoms with Crippen molar-refractivity contribution in [3.8, 4) is 34.6 Å². The van der Waals surface area contributed by atoms with E-state index >= 15 is 8.78 Å². The number of piperazine rings is 1. The fourth-order valence-electron chi connectivity index (χ4n) is 12.5. The molecule has 2 aromatic carbocycles. The van der Waals surface area contributed by atoms with Crippen LogP contribution in [0.1, 0.15) is 107 Å². The molecule has 5 aliphatic rings. The van der Waals surface area contributed by atoms with Gasteiger partial charge in [-0.15, -0.1) is 5.54 Å². The highest BCUT2D eigenvalue weighted by Gasteiger charge is 2.58. The Labute approximate surface area is 395 Å². The number of rotatable bonds is 8. The summed E-state index contributed by atoms with van der Waals surface area (Å²) >= 11 is 0. The Hall–Kier alpha value is -5.41. The molecule has 4 saturated heterocycles. The first-order valence-corrected chi connectivity index (χ1v) is 26.1. The number of hydrogen-bond donors (Lipinski definition) is 2. The van der Waals surface area contributed by atoms with Crippen molar-refractivity contribution < 1.29 is 46.5 Å². The monoisotopic (exact) mass is 959 g/mol. The van der Waals surface area contributed by atoms with E-state index in [1.165, 1.54) is 23.1 Å². The molecule has 4 fully saturated rings. The zero-order chi connectivity index (χ0) is 49.0. The Morgan fingerprint density at radius 3 is 2.43 bits per heavy atom. The summed E-state index contributed by atoms with van der Waals surface area (Å²) in [6.45, 7) is 20.0. The maximum Gasteiger partial charge on any atom is 0.412 e. The number of fused-ring (bicyclic) bond motifs is 7. The molecule has 13 nitrogen and oxygen atoms in total. The van der Waals surface area contributed by atoms with E-state index < -0.39 is 79.6 Å². The third-order valence-electron chi connectivity index (χ3n) is 15.1. The van der Waals surface area contributed by atoms with Gasteiger partial charge in [0.1, 0.15) is 54.6 Å². The number of ether oxygens (including phenoxy) is 3. The van der Waals surface area contributed by atoms with Gasteiger partial charge in [0, 0.05) is 29.6 Å². The Bertz CT molecular complexity index is 2750. The molecule has 5 unspecified atom stereocenters. The van der Waals surface area contributed by atoms with Gasteiger partial charge in [-0.2, -0.15) is 9.97 Å². The van der Waals surface area contributed by atoms with Crippen LogP contribution in [0.3, 0.4) is 0 Å². The summed E-state index contributed by atoms with van der Waals surface area (Å²) in [5.41, 5.74) is 2.22. The van der Waals surface area contributed by atoms with E-state index in [2.05, 4.69) is 63.3 Å². The van der Waals surface area contributed by atoms with Gasteiger partial charge < -0.3 is 24.2 Å². The minimum atomic E-state index is -2.91. The Balaban J connectivity index is 1.29. The number of carbonyl (C=O) groups excluding carboxylic acids is 1. The highest BCUT2D eigenvalue weighted by Crippen LogP contribution is 2.50. The third-order valence-corrected chi connectivity index (χ3v) is 21.4. The van der Waals surface area contributed by atoms with Crippen molar-refractivity contribution in [2.45, 2.75) is 159 Å². The number of pyridine rings is 1. The molecule has 18 heteroatoms. The van der Waals surface area contributed by atoms with E-state index in [1.54, 1.807) is 38.7 Å². The zero-order valence-corrected chi connectivity index (χ0v) is 41.4. The van der Waals surface area contributed by atoms with Gasteiger partial charge in [-0.3, -0.25) is 15.1 Å². The molecule has 9 rings (SSSR count). The summed E-state index contributed by atoms with van der Waals surface area (Å²) < 4.78 is 83.4. The summed E-state index contributed by atoms with van der Waals surface area (Å²) in [6, 6.07) is 4.22. The normalized spacial score (nSPS) is 24.2. The molecule has 68 heavy (non-hydrogen) atoms. The quantitative estimate of drug-likeness (QED) is 0.0990. The molecule has 0 spiro atoms. The maximum absolute atomic E-state index is 18.3. The lowest BCUT2D eigenvalue weighted by Crippen LogP contribution is -2.64. The van der Waals surface area contributed by atoms with Crippen LogP contribution in [0.4, 0.5) is 38.7 Å². The van der Waals surface area contributed by atoms with Crippen LogP contribution in [0.15, 0.2) is 24.3 Å². The minimum Gasteiger partial charge on any atom is -0.472 e. The van der Waals surface area contributed by atoms with E-state index in [0.29, 0.717) is 37.6 Å². The van der Waals surface area contributed by atoms with Gasteiger partial charge in [-0.1, -0.05) is 53.5 Å². The molecule has 5 aliphatic heterocycles. The fraction of sp³-hybridized carbons (Fsp3) is 0.580. The van der Waals surface area contributed by atoms with E-state index in [1.807, 2.05) is 4.90 Å². The van der Waals surface area contributed by atoms with Crippen LogP contribution in [0.2, 0.25) is 16.6 Å². The minimum absolute atomic E-state index is 0.0321. The number of alkyl halides is 2. The number of aromatic nitrogens is 3. The second kappa shape index (κ2) is 16.9. The molecule has 2 N–H and O–H groups in total. The van der Waals surface area contributed by atoms with Gasteiger partial charge in [0.15, 0.2) is 5.82 Å². The van der Waals surface area contributed by atoms with E-state index in [0.717, 1.165) is 0 Å². The number of benzene rings is 2. The standard InChI is InChI=1S/C50H61F4N7O6Si/c1-26(2)68(27(3)4,28(5)6)19-16-33-35(51)14-12-30-20-31(55-46(62)67-48(8,9)10)21-34(37(30)33)40-39(52)41-38-43(58-45(57-41)65-25-49-17-11-18-59(49)24-50(53,54)23-49)60-22-32-13-15-36(61(32)47(63)64)42(60)29(7)66-44(38)56-40/h12,14,20-21,26-29,32,36,42H,11,13,15,17-18,22-25H2,1-10H3,(H,55,62)(H,63,64). The molecular weight excluding hydrogens is 899 g/mol. The summed E-state index contributed by atoms with van der Waals surface area (Å²) in [4.78, 5) is 45.6. The SMILES string of the molecule is CC1Oc2nc(-c3cc(NC(=O)OC(C)(C)C)cc4ccc(F)c(C#C[Si](C(C)C)(C(C)C)C(C)C)c34)c(F)c3nc(OCC45CCCN4CC(F)(F)C5)nc(c23)N2CC3CCC(C12)N3C(=O)O. The third kappa shape index (κ3) is 8.04. The highest BCUT2D eigenvalue weighted by atomic mass is 28.3. The van der Waals surface area contributed by atoms with Gasteiger partial charge in [-0.25, -0.2) is 32.1 Å². The largest absolute Gasteiger partial charge is 0.472 e. The molecular formula is C50H61F4N7O6Si. The maximum atomic E-state index is 18.3. The van der Waals surface area contributed by atoms with Gasteiger partial charge in [0.2, 0.25) is 5.88 Å². The first kappa shape index (κ1) is 47.6. The predicted octanol–water partition coefficient (Wildman–Crippen LogP) is 10.8. The van der Waals surface area contributed by atoms with Crippen LogP contribution in [-0.2, 0) is 4.74 Å². The fourth-order valence-corrected chi connectivity index (χ4v) is 17.7. The zero-order valence-electron chi connectivity index (χ0n) is 40.4. The Kier molecular flexibility index (Phi) is 11.9. The number of amides is 2. The van der Waals surface area contributed by atoms with Gasteiger partial charge >= 0.3 is 18.2 Å². The summed E-state index contributed by atoms with van der Waals surface area (Å²) in [5.74, 6) is -1.04. The molecule has 4 aromatic rings. The predicted molar refractivity (Wildman–Crippen MR) is 254 cm³/mol. The molecule has 0 saturated carbocycles. The number of nitrogens with zero attached hydrogens (tertiary/aromatic N) is 6. The summed E-state index contributed by atoms with van der Waals surface area (Å²) in [5, 5.41) is 13.9. The van der Waals surface area contributed by atoms with Crippen molar-refractivity contribution in [2.75, 3.05) is 36.5 Å². The van der Waals surface area contributed by atoms with Crippen molar-refractivity contribution in [2.24, 2.45) is 0 Å². The molecule has 2 amide bonds. The smallest absolute Gasteiger partial charge is 0.412 e. The lowest BCUT2D eigenvalue weighted by Gasteiger charge is -2.47. The van der Waals surface area contributed by atoms with Crippen molar-refractivity contribution in [3.05, 3.63) is 41.5 Å². The van der Waals surface area contributed by atoms with E-state index in [-0.39, 0.29) is 92.8 Å². The molecule has 2 bridgehead atoms. The summed E-state index contributed by atoms with van der Waals surface area (Å²) in [7, 11) is -2.45. The van der Waals surface area contributed by atoms with Gasteiger partial charge in [0.25, 0.3) is 5.92 Å². The number of nitrogens with one attached hydrogen (secondary N) is 1. The molecule has 2 aromatic heterocycles. The molecule has 5 atom stereocenters. The molecule has 364 valence electrons. The number of carboxylic acid groups (broad SMARTS) is 1. The molecule has 7 heterocycles. The van der Waals surface area contributed by atoms with E-state index in [9.17, 15) is 23.5 Å². The lowest BCUT2D eigenvalue weighted by atomic mass is 9.94. The first-order valence-electron chi connectivity index (χ1n) is 23.8. The van der Waals surface area contributed by atoms with Crippen molar-refractivity contribution >= 4 is 53.4 Å². The number of hydrogen-bond acceptors (Lipinski definition) is 10. The lowest BCUT2D eigenvalue weighted by molar-refractivity contribution is 0.00801. The first-order chi connectivity index (χ1) is 31.9. The van der Waals surface area contributed by atoms with Gasteiger partial charge in [-0.05, 0) is 100 Å². The van der Waals surface area contributed by atoms with Crippen molar-refractivity contribution in [1.29, 1.82) is 0 Å². The highest BCUT2D eigenvalue weighted by molar-refractivity contribution is 6.90. The number of anilines is 2. The van der Waals surface area contributed by atoms with Crippen LogP contribution in [0.25, 0.3) is 32.9 Å². The van der Waals surface area contributed by atoms with Crippen LogP contribution in [0.5, 0.6) is 11.9 Å². The van der Waals surface area contributed by atoms with Crippen LogP contribution in [0, 0.1) is 23.1 Å². The van der Waals surface area contributed by atoms with Crippen molar-refractivity contribution in [3.63, 3.8) is 0 Å². The summed E-state index contributed by atoms with van der Waals surface area (Å²) in [6.07, 6.45) is -0.637. The Morgan fingerprint density at radius 1 is 1.03 bits per heavy atom. The van der Waals surface area contributed by atoms with Crippen LogP contribution in [-0.4, -0.2) is 118 Å². The van der Waals surface area contributed by atoms with Crippen LogP contribution < -0.4 is 19.7 Å². The van der Waals surface area contributed by atoms with Crippen LogP contribution >= 0.6 is 0 Å². The second-order valence-electron chi connectivity index (χ2n) is 21.5. The van der Waals surface area contributed by atoms with Crippen molar-refractivity contribution in [1.82, 2.24) is 24.8 Å². The van der Waals surface area contributed by atoms with Gasteiger partial charge in [0.05, 0.1) is 35.8 Å². The molecule has 0 radical (unpaired) electrons. The Morgan fingerprint density at radius 2 is 1.75 bits per heavy atom. The number of halogens is 4. The second-order valence-corrected chi connectivity index (χ2v) is 27.1. The average Bonchev–Trinajstić information content (AvgIpc) is 3.82. The molecule has 0 aliphatic carbocycles. The van der Waals surface area contributed by atoms with E-state index in [4.69, 9.17) is 24.2 Å².